The van der Waals surface area contributed by atoms with Crippen molar-refractivity contribution in [2.24, 2.45) is 5.92 Å². The van der Waals surface area contributed by atoms with Gasteiger partial charge >= 0.3 is 0 Å². The lowest BCUT2D eigenvalue weighted by atomic mass is 10.0. The Bertz CT molecular complexity index is 859. The van der Waals surface area contributed by atoms with Crippen molar-refractivity contribution >= 4 is 23.4 Å². The number of carbonyl (C=O) groups is 2. The molecule has 1 aromatic carbocycles. The van der Waals surface area contributed by atoms with Gasteiger partial charge in [0.05, 0.1) is 22.8 Å². The van der Waals surface area contributed by atoms with E-state index in [1.165, 1.54) is 0 Å². The monoisotopic (exact) mass is 418 g/mol. The number of nitrogens with zero attached hydrogens (tertiary/aromatic N) is 3. The van der Waals surface area contributed by atoms with Gasteiger partial charge in [0.2, 0.25) is 5.91 Å². The van der Waals surface area contributed by atoms with Gasteiger partial charge < -0.3 is 14.7 Å². The molecule has 1 N–H and O–H groups in total. The summed E-state index contributed by atoms with van der Waals surface area (Å²) in [4.78, 5) is 29.8. The number of hydrogen-bond donors (Lipinski definition) is 1. The molecule has 1 aromatic heterocycles. The van der Waals surface area contributed by atoms with Gasteiger partial charge in [-0.1, -0.05) is 42.7 Å². The van der Waals surface area contributed by atoms with E-state index in [1.807, 2.05) is 31.7 Å². The molecular formula is C21H27ClN4O3. The predicted octanol–water partition coefficient (Wildman–Crippen LogP) is 2.74. The summed E-state index contributed by atoms with van der Waals surface area (Å²) >= 11 is 6.12. The zero-order valence-corrected chi connectivity index (χ0v) is 17.8. The second kappa shape index (κ2) is 9.41. The van der Waals surface area contributed by atoms with Gasteiger partial charge in [0, 0.05) is 32.2 Å². The Labute approximate surface area is 176 Å². The maximum atomic E-state index is 13.1. The lowest BCUT2D eigenvalue weighted by Gasteiger charge is -2.37. The average Bonchev–Trinajstić information content (AvgIpc) is 3.10. The summed E-state index contributed by atoms with van der Waals surface area (Å²) in [6, 6.07) is 8.17. The van der Waals surface area contributed by atoms with Crippen molar-refractivity contribution in [3.63, 3.8) is 0 Å². The van der Waals surface area contributed by atoms with E-state index in [1.54, 1.807) is 24.3 Å². The number of aromatic nitrogens is 1. The largest absolute Gasteiger partial charge is 0.360 e. The van der Waals surface area contributed by atoms with Crippen LogP contribution in [0.4, 0.5) is 0 Å². The van der Waals surface area contributed by atoms with Crippen LogP contribution in [0.5, 0.6) is 0 Å². The number of rotatable bonds is 6. The summed E-state index contributed by atoms with van der Waals surface area (Å²) in [5.41, 5.74) is 1.24. The first-order chi connectivity index (χ1) is 13.8. The number of nitrogens with one attached hydrogen (secondary N) is 1. The van der Waals surface area contributed by atoms with E-state index in [4.69, 9.17) is 16.1 Å². The molecule has 0 spiro atoms. The lowest BCUT2D eigenvalue weighted by molar-refractivity contribution is -0.136. The van der Waals surface area contributed by atoms with Gasteiger partial charge in [0.1, 0.15) is 6.04 Å². The highest BCUT2D eigenvalue weighted by Gasteiger charge is 2.31. The summed E-state index contributed by atoms with van der Waals surface area (Å²) in [6.45, 7) is 9.14. The highest BCUT2D eigenvalue weighted by molar-refractivity contribution is 6.33. The van der Waals surface area contributed by atoms with Crippen molar-refractivity contribution in [2.45, 2.75) is 33.4 Å². The van der Waals surface area contributed by atoms with E-state index in [2.05, 4.69) is 15.4 Å². The summed E-state index contributed by atoms with van der Waals surface area (Å²) < 4.78 is 5.28. The SMILES string of the molecule is Cc1cc(CN2CCN(C(=O)C(NC(=O)c3ccccc3Cl)C(C)C)CC2)on1. The molecule has 2 amide bonds. The molecule has 0 saturated carbocycles. The van der Waals surface area contributed by atoms with E-state index in [0.29, 0.717) is 30.2 Å². The van der Waals surface area contributed by atoms with Crippen LogP contribution in [-0.4, -0.2) is 59.0 Å². The molecule has 1 saturated heterocycles. The van der Waals surface area contributed by atoms with Crippen molar-refractivity contribution in [1.82, 2.24) is 20.3 Å². The molecule has 8 heteroatoms. The summed E-state index contributed by atoms with van der Waals surface area (Å²) in [7, 11) is 0. The number of amides is 2. The van der Waals surface area contributed by atoms with Gasteiger partial charge in [-0.15, -0.1) is 0 Å². The first-order valence-electron chi connectivity index (χ1n) is 9.84. The van der Waals surface area contributed by atoms with Crippen LogP contribution in [0.25, 0.3) is 0 Å². The first-order valence-corrected chi connectivity index (χ1v) is 10.2. The van der Waals surface area contributed by atoms with Crippen molar-refractivity contribution in [3.05, 3.63) is 52.4 Å². The highest BCUT2D eigenvalue weighted by Crippen LogP contribution is 2.17. The number of aryl methyl sites for hydroxylation is 1. The lowest BCUT2D eigenvalue weighted by Crippen LogP contribution is -2.56. The van der Waals surface area contributed by atoms with E-state index < -0.39 is 6.04 Å². The zero-order chi connectivity index (χ0) is 21.0. The summed E-state index contributed by atoms with van der Waals surface area (Å²) in [5.74, 6) is 0.399. The highest BCUT2D eigenvalue weighted by atomic mass is 35.5. The van der Waals surface area contributed by atoms with Crippen LogP contribution in [-0.2, 0) is 11.3 Å². The van der Waals surface area contributed by atoms with Crippen LogP contribution in [0.1, 0.15) is 35.7 Å². The van der Waals surface area contributed by atoms with E-state index >= 15 is 0 Å². The molecule has 156 valence electrons. The van der Waals surface area contributed by atoms with Gasteiger partial charge in [-0.2, -0.15) is 0 Å². The minimum absolute atomic E-state index is 0.0378. The Balaban J connectivity index is 1.58. The molecule has 0 radical (unpaired) electrons. The quantitative estimate of drug-likeness (QED) is 0.780. The van der Waals surface area contributed by atoms with Crippen LogP contribution in [0.2, 0.25) is 5.02 Å². The van der Waals surface area contributed by atoms with Crippen molar-refractivity contribution in [2.75, 3.05) is 26.2 Å². The number of piperazine rings is 1. The van der Waals surface area contributed by atoms with Crippen LogP contribution in [0.3, 0.4) is 0 Å². The molecule has 0 bridgehead atoms. The van der Waals surface area contributed by atoms with Crippen molar-refractivity contribution in [1.29, 1.82) is 0 Å². The molecule has 2 heterocycles. The van der Waals surface area contributed by atoms with E-state index in [0.717, 1.165) is 24.5 Å². The van der Waals surface area contributed by atoms with Crippen LogP contribution in [0, 0.1) is 12.8 Å². The maximum absolute atomic E-state index is 13.1. The Hall–Kier alpha value is -2.38. The molecule has 1 aliphatic rings. The molecular weight excluding hydrogens is 392 g/mol. The first kappa shape index (κ1) is 21.3. The van der Waals surface area contributed by atoms with Gasteiger partial charge in [0.15, 0.2) is 5.76 Å². The van der Waals surface area contributed by atoms with E-state index in [9.17, 15) is 9.59 Å². The molecule has 0 aliphatic carbocycles. The fourth-order valence-electron chi connectivity index (χ4n) is 3.41. The van der Waals surface area contributed by atoms with Crippen LogP contribution < -0.4 is 5.32 Å². The van der Waals surface area contributed by atoms with Gasteiger partial charge in [-0.25, -0.2) is 0 Å². The Morgan fingerprint density at radius 3 is 2.48 bits per heavy atom. The maximum Gasteiger partial charge on any atom is 0.253 e. The van der Waals surface area contributed by atoms with Crippen molar-refractivity contribution < 1.29 is 14.1 Å². The molecule has 1 atom stereocenters. The number of carbonyl (C=O) groups excluding carboxylic acids is 2. The molecule has 29 heavy (non-hydrogen) atoms. The van der Waals surface area contributed by atoms with Gasteiger partial charge in [0.25, 0.3) is 5.91 Å². The molecule has 1 fully saturated rings. The van der Waals surface area contributed by atoms with Crippen LogP contribution >= 0.6 is 11.6 Å². The molecule has 1 unspecified atom stereocenters. The normalized spacial score (nSPS) is 16.1. The molecule has 2 aromatic rings. The number of hydrogen-bond acceptors (Lipinski definition) is 5. The number of halogens is 1. The third kappa shape index (κ3) is 5.36. The number of benzene rings is 1. The minimum atomic E-state index is -0.595. The van der Waals surface area contributed by atoms with Crippen molar-refractivity contribution in [3.8, 4) is 0 Å². The summed E-state index contributed by atoms with van der Waals surface area (Å²) in [5, 5.41) is 7.16. The topological polar surface area (TPSA) is 78.7 Å². The fraction of sp³-hybridized carbons (Fsp3) is 0.476. The second-order valence-electron chi connectivity index (χ2n) is 7.71. The Morgan fingerprint density at radius 2 is 1.90 bits per heavy atom. The fourth-order valence-corrected chi connectivity index (χ4v) is 3.63. The van der Waals surface area contributed by atoms with Gasteiger partial charge in [-0.05, 0) is 25.0 Å². The third-order valence-corrected chi connectivity index (χ3v) is 5.41. The standard InChI is InChI=1S/C21H27ClN4O3/c1-14(2)19(23-20(27)17-6-4-5-7-18(17)22)21(28)26-10-8-25(9-11-26)13-16-12-15(3)24-29-16/h4-7,12,14,19H,8-11,13H2,1-3H3,(H,23,27). The average molecular weight is 419 g/mol. The van der Waals surface area contributed by atoms with Crippen LogP contribution in [0.15, 0.2) is 34.9 Å². The molecule has 7 nitrogen and oxygen atoms in total. The third-order valence-electron chi connectivity index (χ3n) is 5.08. The Morgan fingerprint density at radius 1 is 1.21 bits per heavy atom. The smallest absolute Gasteiger partial charge is 0.253 e. The molecule has 3 rings (SSSR count). The molecule has 1 aliphatic heterocycles. The Kier molecular flexibility index (Phi) is 6.92. The predicted molar refractivity (Wildman–Crippen MR) is 111 cm³/mol. The minimum Gasteiger partial charge on any atom is -0.360 e. The van der Waals surface area contributed by atoms with E-state index in [-0.39, 0.29) is 17.7 Å². The van der Waals surface area contributed by atoms with Gasteiger partial charge in [-0.3, -0.25) is 14.5 Å². The summed E-state index contributed by atoms with van der Waals surface area (Å²) in [6.07, 6.45) is 0. The zero-order valence-electron chi connectivity index (χ0n) is 17.0. The second-order valence-corrected chi connectivity index (χ2v) is 8.12.